The fourth-order valence-corrected chi connectivity index (χ4v) is 4.50. The molecule has 0 aromatic heterocycles. The summed E-state index contributed by atoms with van der Waals surface area (Å²) in [6, 6.07) is 9.82. The summed E-state index contributed by atoms with van der Waals surface area (Å²) in [4.78, 5) is 44.3. The van der Waals surface area contributed by atoms with E-state index in [1.165, 1.54) is 0 Å². The highest BCUT2D eigenvalue weighted by atomic mass is 35.5. The van der Waals surface area contributed by atoms with Crippen LogP contribution in [-0.2, 0) is 14.4 Å². The van der Waals surface area contributed by atoms with E-state index < -0.39 is 11.0 Å². The van der Waals surface area contributed by atoms with Gasteiger partial charge >= 0.3 is 0 Å². The molecule has 1 spiro atoms. The summed E-state index contributed by atoms with van der Waals surface area (Å²) < 4.78 is 0. The van der Waals surface area contributed by atoms with E-state index in [4.69, 9.17) is 11.6 Å². The molecule has 8 heteroatoms. The van der Waals surface area contributed by atoms with Gasteiger partial charge in [0, 0.05) is 31.2 Å². The Morgan fingerprint density at radius 1 is 1.16 bits per heavy atom. The van der Waals surface area contributed by atoms with E-state index in [1.807, 2.05) is 56.0 Å². The van der Waals surface area contributed by atoms with E-state index >= 15 is 0 Å². The van der Waals surface area contributed by atoms with Crippen LogP contribution in [0.1, 0.15) is 40.0 Å². The van der Waals surface area contributed by atoms with Gasteiger partial charge in [-0.15, -0.1) is 11.6 Å². The predicted molar refractivity (Wildman–Crippen MR) is 122 cm³/mol. The van der Waals surface area contributed by atoms with Crippen LogP contribution in [-0.4, -0.2) is 71.8 Å². The molecule has 3 amide bonds. The van der Waals surface area contributed by atoms with E-state index in [2.05, 4.69) is 10.2 Å². The minimum Gasteiger partial charge on any atom is -0.355 e. The fraction of sp³-hybridized carbons (Fsp3) is 0.609. The molecule has 2 aliphatic heterocycles. The number of halogens is 1. The van der Waals surface area contributed by atoms with Crippen LogP contribution in [0.4, 0.5) is 5.69 Å². The number of amides is 3. The third kappa shape index (κ3) is 4.66. The number of anilines is 1. The molecule has 2 heterocycles. The van der Waals surface area contributed by atoms with Crippen molar-refractivity contribution in [2.75, 3.05) is 43.6 Å². The van der Waals surface area contributed by atoms with Crippen molar-refractivity contribution in [2.45, 2.75) is 45.6 Å². The maximum Gasteiger partial charge on any atom is 0.250 e. The van der Waals surface area contributed by atoms with Crippen LogP contribution in [0.3, 0.4) is 0 Å². The Balaban J connectivity index is 1.81. The standard InChI is InChI=1S/C23H33ClN4O3/c1-4-12-25-19(29)15-27-17-28(18-8-6-5-7-9-18)23(21(27)31)10-13-26(14-11-23)20(30)22(2,3)16-24/h5-9H,4,10-17H2,1-3H3,(H,25,29). The molecule has 2 saturated heterocycles. The van der Waals surface area contributed by atoms with Crippen LogP contribution in [0.25, 0.3) is 0 Å². The molecule has 1 aromatic rings. The number of hydrogen-bond donors (Lipinski definition) is 1. The molecule has 0 unspecified atom stereocenters. The number of likely N-dealkylation sites (tertiary alicyclic amines) is 1. The van der Waals surface area contributed by atoms with Gasteiger partial charge in [-0.3, -0.25) is 14.4 Å². The molecule has 0 radical (unpaired) electrons. The molecular formula is C23H33ClN4O3. The van der Waals surface area contributed by atoms with Crippen LogP contribution >= 0.6 is 11.6 Å². The first-order valence-corrected chi connectivity index (χ1v) is 11.5. The van der Waals surface area contributed by atoms with E-state index in [1.54, 1.807) is 4.90 Å². The van der Waals surface area contributed by atoms with Gasteiger partial charge in [-0.05, 0) is 45.2 Å². The molecule has 7 nitrogen and oxygen atoms in total. The van der Waals surface area contributed by atoms with Gasteiger partial charge in [0.25, 0.3) is 5.91 Å². The molecule has 3 rings (SSSR count). The van der Waals surface area contributed by atoms with Gasteiger partial charge in [-0.2, -0.15) is 0 Å². The Hall–Kier alpha value is -2.28. The minimum atomic E-state index is -0.742. The second-order valence-corrected chi connectivity index (χ2v) is 9.37. The van der Waals surface area contributed by atoms with Crippen molar-refractivity contribution in [2.24, 2.45) is 5.41 Å². The van der Waals surface area contributed by atoms with E-state index in [-0.39, 0.29) is 30.1 Å². The highest BCUT2D eigenvalue weighted by Gasteiger charge is 2.54. The summed E-state index contributed by atoms with van der Waals surface area (Å²) in [7, 11) is 0. The van der Waals surface area contributed by atoms with Crippen molar-refractivity contribution in [3.8, 4) is 0 Å². The summed E-state index contributed by atoms with van der Waals surface area (Å²) in [6.07, 6.45) is 1.90. The third-order valence-corrected chi connectivity index (χ3v) is 6.95. The van der Waals surface area contributed by atoms with Crippen LogP contribution in [0.15, 0.2) is 30.3 Å². The zero-order valence-corrected chi connectivity index (χ0v) is 19.5. The second kappa shape index (κ2) is 9.47. The zero-order valence-electron chi connectivity index (χ0n) is 18.7. The van der Waals surface area contributed by atoms with Crippen molar-refractivity contribution < 1.29 is 14.4 Å². The summed E-state index contributed by atoms with van der Waals surface area (Å²) in [5, 5.41) is 2.85. The van der Waals surface area contributed by atoms with Crippen molar-refractivity contribution in [3.05, 3.63) is 30.3 Å². The molecule has 2 aliphatic rings. The summed E-state index contributed by atoms with van der Waals surface area (Å²) in [5.41, 5.74) is -0.420. The summed E-state index contributed by atoms with van der Waals surface area (Å²) in [5.74, 6) is 0.0942. The number of rotatable bonds is 7. The lowest BCUT2D eigenvalue weighted by Crippen LogP contribution is -2.58. The average Bonchev–Trinajstić information content (AvgIpc) is 3.04. The number of nitrogens with one attached hydrogen (secondary N) is 1. The van der Waals surface area contributed by atoms with Crippen molar-refractivity contribution >= 4 is 35.0 Å². The Bertz CT molecular complexity index is 806. The maximum atomic E-state index is 13.6. The van der Waals surface area contributed by atoms with Crippen LogP contribution in [0, 0.1) is 5.41 Å². The lowest BCUT2D eigenvalue weighted by molar-refractivity contribution is -0.144. The maximum absolute atomic E-state index is 13.6. The van der Waals surface area contributed by atoms with Crippen LogP contribution < -0.4 is 10.2 Å². The van der Waals surface area contributed by atoms with Crippen molar-refractivity contribution in [1.82, 2.24) is 15.1 Å². The molecule has 0 aliphatic carbocycles. The van der Waals surface area contributed by atoms with E-state index in [9.17, 15) is 14.4 Å². The van der Waals surface area contributed by atoms with Gasteiger partial charge in [0.05, 0.1) is 12.1 Å². The number of hydrogen-bond acceptors (Lipinski definition) is 4. The predicted octanol–water partition coefficient (Wildman–Crippen LogP) is 2.45. The van der Waals surface area contributed by atoms with E-state index in [0.717, 1.165) is 12.1 Å². The van der Waals surface area contributed by atoms with Crippen LogP contribution in [0.5, 0.6) is 0 Å². The van der Waals surface area contributed by atoms with Crippen molar-refractivity contribution in [1.29, 1.82) is 0 Å². The van der Waals surface area contributed by atoms with Crippen LogP contribution in [0.2, 0.25) is 0 Å². The van der Waals surface area contributed by atoms with Gasteiger partial charge in [0.15, 0.2) is 0 Å². The van der Waals surface area contributed by atoms with Gasteiger partial charge in [-0.25, -0.2) is 0 Å². The Kier molecular flexibility index (Phi) is 7.14. The number of benzene rings is 1. The molecule has 31 heavy (non-hydrogen) atoms. The second-order valence-electron chi connectivity index (χ2n) is 9.10. The smallest absolute Gasteiger partial charge is 0.250 e. The Labute approximate surface area is 189 Å². The summed E-state index contributed by atoms with van der Waals surface area (Å²) >= 11 is 6.00. The lowest BCUT2D eigenvalue weighted by Gasteiger charge is -2.44. The fourth-order valence-electron chi connectivity index (χ4n) is 4.38. The van der Waals surface area contributed by atoms with Gasteiger partial charge < -0.3 is 20.0 Å². The minimum absolute atomic E-state index is 0.0184. The monoisotopic (exact) mass is 448 g/mol. The highest BCUT2D eigenvalue weighted by molar-refractivity contribution is 6.19. The number of alkyl halides is 1. The first-order chi connectivity index (χ1) is 14.7. The topological polar surface area (TPSA) is 73.0 Å². The van der Waals surface area contributed by atoms with Crippen molar-refractivity contribution in [3.63, 3.8) is 0 Å². The first-order valence-electron chi connectivity index (χ1n) is 11.0. The molecule has 0 saturated carbocycles. The van der Waals surface area contributed by atoms with Gasteiger partial charge in [0.1, 0.15) is 12.1 Å². The highest BCUT2D eigenvalue weighted by Crippen LogP contribution is 2.40. The SMILES string of the molecule is CCCNC(=O)CN1CN(c2ccccc2)C2(CCN(C(=O)C(C)(C)CCl)CC2)C1=O. The van der Waals surface area contributed by atoms with E-state index in [0.29, 0.717) is 39.1 Å². The molecule has 170 valence electrons. The first kappa shape index (κ1) is 23.4. The molecule has 2 fully saturated rings. The van der Waals surface area contributed by atoms with Gasteiger partial charge in [-0.1, -0.05) is 25.1 Å². The number of carbonyl (C=O) groups excluding carboxylic acids is 3. The molecule has 1 N–H and O–H groups in total. The largest absolute Gasteiger partial charge is 0.355 e. The Morgan fingerprint density at radius 3 is 2.39 bits per heavy atom. The third-order valence-electron chi connectivity index (χ3n) is 6.28. The Morgan fingerprint density at radius 2 is 1.81 bits per heavy atom. The number of piperidine rings is 1. The summed E-state index contributed by atoms with van der Waals surface area (Å²) in [6.45, 7) is 7.68. The molecule has 0 atom stereocenters. The van der Waals surface area contributed by atoms with Gasteiger partial charge in [0.2, 0.25) is 11.8 Å². The number of para-hydroxylation sites is 1. The quantitative estimate of drug-likeness (QED) is 0.650. The number of carbonyl (C=O) groups is 3. The molecule has 1 aromatic carbocycles. The number of nitrogens with zero attached hydrogens (tertiary/aromatic N) is 3. The lowest BCUT2D eigenvalue weighted by atomic mass is 9.84. The molecule has 0 bridgehead atoms. The molecular weight excluding hydrogens is 416 g/mol. The average molecular weight is 449 g/mol. The zero-order chi connectivity index (χ0) is 22.6. The normalized spacial score (nSPS) is 18.6.